The van der Waals surface area contributed by atoms with Crippen LogP contribution in [0.25, 0.3) is 0 Å². The van der Waals surface area contributed by atoms with Crippen molar-refractivity contribution in [1.82, 2.24) is 0 Å². The highest BCUT2D eigenvalue weighted by atomic mass is 127. The topological polar surface area (TPSA) is 29.5 Å². The number of hydrogen-bond acceptors (Lipinski definition) is 2. The monoisotopic (exact) mass is 456 g/mol. The van der Waals surface area contributed by atoms with Crippen LogP contribution in [0.15, 0.2) is 36.0 Å². The Labute approximate surface area is 167 Å². The van der Waals surface area contributed by atoms with E-state index in [2.05, 4.69) is 46.4 Å². The third-order valence-electron chi connectivity index (χ3n) is 7.43. The molecule has 3 heteroatoms. The zero-order chi connectivity index (χ0) is 18.6. The molecule has 140 valence electrons. The van der Waals surface area contributed by atoms with Gasteiger partial charge < -0.3 is 8.17 Å². The first kappa shape index (κ1) is 19.6. The van der Waals surface area contributed by atoms with Crippen LogP contribution in [-0.4, -0.2) is 17.3 Å². The Morgan fingerprint density at radius 1 is 1.44 bits per heavy atom. The molecule has 0 spiro atoms. The highest BCUT2D eigenvalue weighted by molar-refractivity contribution is 14.1. The Morgan fingerprint density at radius 3 is 2.72 bits per heavy atom. The number of hydrogen-bond donors (Lipinski definition) is 1. The Kier molecular flexibility index (Phi) is 5.33. The fourth-order valence-corrected chi connectivity index (χ4v) is 6.52. The van der Waals surface area contributed by atoms with Gasteiger partial charge in [0, 0.05) is 5.92 Å². The Bertz CT molecular complexity index is 601. The maximum absolute atomic E-state index is 11.5. The molecule has 7 atom stereocenters. The molecule has 0 bridgehead atoms. The minimum atomic E-state index is -0.745. The van der Waals surface area contributed by atoms with Crippen molar-refractivity contribution in [2.75, 3.05) is 6.61 Å². The summed E-state index contributed by atoms with van der Waals surface area (Å²) in [5, 5.41) is 11.5. The second kappa shape index (κ2) is 6.79. The Balaban J connectivity index is 2.07. The van der Waals surface area contributed by atoms with Crippen molar-refractivity contribution in [1.29, 1.82) is 0 Å². The van der Waals surface area contributed by atoms with Crippen LogP contribution in [-0.2, 0) is 3.07 Å². The lowest BCUT2D eigenvalue weighted by Gasteiger charge is -2.43. The molecule has 4 unspecified atom stereocenters. The van der Waals surface area contributed by atoms with Crippen molar-refractivity contribution in [3.8, 4) is 0 Å². The van der Waals surface area contributed by atoms with E-state index in [1.807, 2.05) is 36.0 Å². The summed E-state index contributed by atoms with van der Waals surface area (Å²) in [5.41, 5.74) is 2.11. The van der Waals surface area contributed by atoms with Crippen LogP contribution in [0, 0.1) is 40.9 Å². The van der Waals surface area contributed by atoms with Gasteiger partial charge in [-0.15, -0.1) is 0 Å². The Morgan fingerprint density at radius 2 is 2.12 bits per heavy atom. The van der Waals surface area contributed by atoms with Gasteiger partial charge in [0.1, 0.15) is 23.0 Å². The van der Waals surface area contributed by atoms with Crippen molar-refractivity contribution in [2.24, 2.45) is 40.9 Å². The normalized spacial score (nSPS) is 45.7. The summed E-state index contributed by atoms with van der Waals surface area (Å²) in [4.78, 5) is 0. The van der Waals surface area contributed by atoms with Crippen molar-refractivity contribution >= 4 is 23.0 Å². The number of fused-ring (bicyclic) bond motifs is 3. The molecule has 2 fully saturated rings. The van der Waals surface area contributed by atoms with Crippen LogP contribution >= 0.6 is 23.0 Å². The summed E-state index contributed by atoms with van der Waals surface area (Å²) < 4.78 is 5.43. The zero-order valence-corrected chi connectivity index (χ0v) is 18.4. The number of rotatable bonds is 4. The van der Waals surface area contributed by atoms with E-state index in [-0.39, 0.29) is 5.92 Å². The van der Waals surface area contributed by atoms with E-state index < -0.39 is 5.60 Å². The second-order valence-corrected chi connectivity index (χ2v) is 10.2. The summed E-state index contributed by atoms with van der Waals surface area (Å²) >= 11 is 1.97. The van der Waals surface area contributed by atoms with Crippen LogP contribution in [0.4, 0.5) is 0 Å². The predicted octanol–water partition coefficient (Wildman–Crippen LogP) is 5.73. The largest absolute Gasteiger partial charge is 0.389 e. The van der Waals surface area contributed by atoms with Gasteiger partial charge in [-0.3, -0.25) is 0 Å². The van der Waals surface area contributed by atoms with E-state index in [9.17, 15) is 5.11 Å². The molecule has 0 heterocycles. The van der Waals surface area contributed by atoms with Crippen LogP contribution in [0.2, 0.25) is 0 Å². The van der Waals surface area contributed by atoms with Crippen LogP contribution in [0.1, 0.15) is 47.5 Å². The molecule has 0 radical (unpaired) electrons. The van der Waals surface area contributed by atoms with E-state index in [1.54, 1.807) is 0 Å². The molecule has 3 aliphatic carbocycles. The number of allylic oxidation sites excluding steroid dienone is 3. The van der Waals surface area contributed by atoms with Gasteiger partial charge in [-0.05, 0) is 67.3 Å². The third kappa shape index (κ3) is 3.41. The summed E-state index contributed by atoms with van der Waals surface area (Å²) in [5.74, 6) is 3.37. The maximum Gasteiger partial charge on any atom is 0.110 e. The molecule has 2 nitrogen and oxygen atoms in total. The van der Waals surface area contributed by atoms with Gasteiger partial charge in [-0.25, -0.2) is 0 Å². The summed E-state index contributed by atoms with van der Waals surface area (Å²) in [7, 11) is 0. The lowest BCUT2D eigenvalue weighted by molar-refractivity contribution is -0.0311. The molecule has 0 aromatic rings. The lowest BCUT2D eigenvalue weighted by Crippen LogP contribution is -2.43. The van der Waals surface area contributed by atoms with Gasteiger partial charge in [0.25, 0.3) is 0 Å². The molecule has 0 aromatic carbocycles. The molecule has 0 aliphatic heterocycles. The quantitative estimate of drug-likeness (QED) is 0.333. The fourth-order valence-electron chi connectivity index (χ4n) is 6.12. The maximum atomic E-state index is 11.5. The van der Waals surface area contributed by atoms with Gasteiger partial charge in [0.2, 0.25) is 0 Å². The number of aliphatic hydroxyl groups is 1. The van der Waals surface area contributed by atoms with Crippen molar-refractivity contribution in [2.45, 2.75) is 53.1 Å². The third-order valence-corrected chi connectivity index (χ3v) is 7.74. The van der Waals surface area contributed by atoms with E-state index in [0.717, 1.165) is 11.8 Å². The van der Waals surface area contributed by atoms with Gasteiger partial charge in [0.05, 0.1) is 12.2 Å². The summed E-state index contributed by atoms with van der Waals surface area (Å²) in [6, 6.07) is 0. The summed E-state index contributed by atoms with van der Waals surface area (Å²) in [6.45, 7) is 15.9. The van der Waals surface area contributed by atoms with E-state index in [4.69, 9.17) is 3.07 Å². The van der Waals surface area contributed by atoms with Gasteiger partial charge in [-0.1, -0.05) is 51.2 Å². The van der Waals surface area contributed by atoms with Crippen LogP contribution in [0.3, 0.4) is 0 Å². The highest BCUT2D eigenvalue weighted by Gasteiger charge is 2.66. The molecule has 0 saturated heterocycles. The van der Waals surface area contributed by atoms with Crippen LogP contribution in [0.5, 0.6) is 0 Å². The average Bonchev–Trinajstić information content (AvgIpc) is 3.08. The number of halogens is 1. The highest BCUT2D eigenvalue weighted by Crippen LogP contribution is 2.71. The SMILES string of the molecule is C=C/C(C)=C\C1C2[C@@H](C=C(COI)C[C@@]1(C)O)C1C(C[C@H]2C)C1(C)C. The molecular weight excluding hydrogens is 423 g/mol. The Hall–Kier alpha value is -0.130. The predicted molar refractivity (Wildman–Crippen MR) is 112 cm³/mol. The molecule has 25 heavy (non-hydrogen) atoms. The first-order chi connectivity index (χ1) is 11.6. The van der Waals surface area contributed by atoms with Gasteiger partial charge >= 0.3 is 0 Å². The smallest absolute Gasteiger partial charge is 0.110 e. The first-order valence-corrected chi connectivity index (χ1v) is 10.5. The minimum Gasteiger partial charge on any atom is -0.389 e. The average molecular weight is 456 g/mol. The zero-order valence-electron chi connectivity index (χ0n) is 16.3. The fraction of sp³-hybridized carbons (Fsp3) is 0.727. The minimum absolute atomic E-state index is 0.158. The molecule has 0 amide bonds. The molecule has 3 rings (SSSR count). The van der Waals surface area contributed by atoms with Crippen molar-refractivity contribution < 1.29 is 8.17 Å². The van der Waals surface area contributed by atoms with Gasteiger partial charge in [-0.2, -0.15) is 0 Å². The molecule has 0 aromatic heterocycles. The first-order valence-electron chi connectivity index (χ1n) is 9.59. The van der Waals surface area contributed by atoms with Crippen molar-refractivity contribution in [3.05, 3.63) is 36.0 Å². The lowest BCUT2D eigenvalue weighted by atomic mass is 9.63. The second-order valence-electron chi connectivity index (χ2n) is 9.57. The van der Waals surface area contributed by atoms with Crippen LogP contribution < -0.4 is 0 Å². The summed E-state index contributed by atoms with van der Waals surface area (Å²) in [6.07, 6.45) is 8.67. The molecule has 3 aliphatic rings. The van der Waals surface area contributed by atoms with Crippen molar-refractivity contribution in [3.63, 3.8) is 0 Å². The molecular formula is C22H33IO2. The van der Waals surface area contributed by atoms with E-state index in [0.29, 0.717) is 36.2 Å². The molecule has 1 N–H and O–H groups in total. The molecule has 2 saturated carbocycles. The van der Waals surface area contributed by atoms with E-state index >= 15 is 0 Å². The van der Waals surface area contributed by atoms with Gasteiger partial charge in [0.15, 0.2) is 0 Å². The van der Waals surface area contributed by atoms with E-state index in [1.165, 1.54) is 17.6 Å². The standard InChI is InChI=1S/C22H33IO2/c1-7-13(2)8-17-19-14(3)9-18-20(21(18,4)5)16(19)10-15(12-25-23)11-22(17,6)24/h7-8,10,14,16-20,24H,1,9,11-12H2,2-6H3/b13-8-/t14-,16-,17?,18?,19?,20?,22-/m1/s1.